The Bertz CT molecular complexity index is 1550. The Balaban J connectivity index is 1.48. The second-order valence-corrected chi connectivity index (χ2v) is 7.84. The van der Waals surface area contributed by atoms with Crippen LogP contribution in [0.2, 0.25) is 0 Å². The first kappa shape index (κ1) is 20.1. The van der Waals surface area contributed by atoms with Crippen LogP contribution in [0.3, 0.4) is 0 Å². The number of alkyl halides is 3. The van der Waals surface area contributed by atoms with Crippen molar-refractivity contribution in [1.29, 1.82) is 0 Å². The fourth-order valence-electron chi connectivity index (χ4n) is 3.12. The summed E-state index contributed by atoms with van der Waals surface area (Å²) in [6, 6.07) is 13.5. The molecule has 0 N–H and O–H groups in total. The molecule has 0 aliphatic heterocycles. The van der Waals surface area contributed by atoms with Crippen molar-refractivity contribution in [2.75, 3.05) is 0 Å². The molecule has 32 heavy (non-hydrogen) atoms. The second-order valence-electron chi connectivity index (χ2n) is 6.83. The average Bonchev–Trinajstić information content (AvgIpc) is 3.46. The van der Waals surface area contributed by atoms with Crippen molar-refractivity contribution in [2.24, 2.45) is 0 Å². The van der Waals surface area contributed by atoms with Gasteiger partial charge in [0.2, 0.25) is 4.96 Å². The van der Waals surface area contributed by atoms with E-state index in [1.54, 1.807) is 6.07 Å². The van der Waals surface area contributed by atoms with Crippen molar-refractivity contribution < 1.29 is 22.0 Å². The number of halogens is 4. The normalized spacial score (nSPS) is 12.7. The van der Waals surface area contributed by atoms with E-state index in [0.29, 0.717) is 26.6 Å². The first-order chi connectivity index (χ1) is 15.3. The summed E-state index contributed by atoms with van der Waals surface area (Å²) in [4.78, 5) is 17.3. The highest BCUT2D eigenvalue weighted by atomic mass is 32.1. The summed E-state index contributed by atoms with van der Waals surface area (Å²) >= 11 is 1.09. The van der Waals surface area contributed by atoms with Crippen LogP contribution in [0.4, 0.5) is 17.6 Å². The molecule has 0 radical (unpaired) electrons. The largest absolute Gasteiger partial charge is 0.457 e. The molecule has 0 unspecified atom stereocenters. The molecule has 0 amide bonds. The molecular weight excluding hydrogens is 446 g/mol. The van der Waals surface area contributed by atoms with E-state index in [1.807, 2.05) is 0 Å². The minimum absolute atomic E-state index is 0.243. The lowest BCUT2D eigenvalue weighted by molar-refractivity contribution is -0.137. The van der Waals surface area contributed by atoms with Gasteiger partial charge in [0.25, 0.3) is 5.56 Å². The van der Waals surface area contributed by atoms with Crippen LogP contribution in [-0.4, -0.2) is 14.6 Å². The van der Waals surface area contributed by atoms with Crippen molar-refractivity contribution in [2.45, 2.75) is 6.18 Å². The van der Waals surface area contributed by atoms with E-state index in [2.05, 4.69) is 10.1 Å². The number of benzene rings is 2. The average molecular weight is 457 g/mol. The Morgan fingerprint density at radius 1 is 1.00 bits per heavy atom. The number of hydrogen-bond donors (Lipinski definition) is 0. The fraction of sp³-hybridized carbons (Fsp3) is 0.0455. The maximum absolute atomic E-state index is 13.1. The summed E-state index contributed by atoms with van der Waals surface area (Å²) in [6.07, 6.45) is -2.97. The predicted octanol–water partition coefficient (Wildman–Crippen LogP) is 4.78. The maximum atomic E-state index is 13.1. The molecule has 2 aromatic carbocycles. The molecule has 5 aromatic rings. The summed E-state index contributed by atoms with van der Waals surface area (Å²) in [5, 5.41) is 4.18. The predicted molar refractivity (Wildman–Crippen MR) is 110 cm³/mol. The van der Waals surface area contributed by atoms with Gasteiger partial charge in [0.15, 0.2) is 5.82 Å². The quantitative estimate of drug-likeness (QED) is 0.366. The zero-order valence-corrected chi connectivity index (χ0v) is 16.7. The zero-order valence-electron chi connectivity index (χ0n) is 15.9. The van der Waals surface area contributed by atoms with Crippen LogP contribution in [0.5, 0.6) is 0 Å². The molecule has 5 rings (SSSR count). The van der Waals surface area contributed by atoms with Crippen LogP contribution >= 0.6 is 11.3 Å². The molecule has 0 bridgehead atoms. The summed E-state index contributed by atoms with van der Waals surface area (Å²) in [6.45, 7) is 0. The van der Waals surface area contributed by atoms with Crippen molar-refractivity contribution >= 4 is 22.4 Å². The van der Waals surface area contributed by atoms with Gasteiger partial charge in [0, 0.05) is 17.2 Å². The molecule has 0 saturated carbocycles. The summed E-state index contributed by atoms with van der Waals surface area (Å²) in [5.74, 6) is 0.453. The molecule has 3 heterocycles. The maximum Gasteiger partial charge on any atom is 0.416 e. The van der Waals surface area contributed by atoms with Crippen molar-refractivity contribution in [3.63, 3.8) is 0 Å². The van der Waals surface area contributed by atoms with Gasteiger partial charge >= 0.3 is 6.18 Å². The number of fused-ring (bicyclic) bond motifs is 1. The molecule has 160 valence electrons. The summed E-state index contributed by atoms with van der Waals surface area (Å²) in [5.41, 5.74) is -0.346. The van der Waals surface area contributed by atoms with E-state index in [-0.39, 0.29) is 17.1 Å². The lowest BCUT2D eigenvalue weighted by atomic mass is 10.1. The van der Waals surface area contributed by atoms with Crippen molar-refractivity contribution in [1.82, 2.24) is 14.6 Å². The first-order valence-corrected chi connectivity index (χ1v) is 10.0. The molecule has 5 nitrogen and oxygen atoms in total. The van der Waals surface area contributed by atoms with Gasteiger partial charge in [-0.15, -0.1) is 5.10 Å². The third-order valence-electron chi connectivity index (χ3n) is 4.66. The van der Waals surface area contributed by atoms with Crippen LogP contribution in [0.15, 0.2) is 69.9 Å². The van der Waals surface area contributed by atoms with Crippen LogP contribution in [-0.2, 0) is 6.18 Å². The van der Waals surface area contributed by atoms with E-state index in [4.69, 9.17) is 4.42 Å². The Morgan fingerprint density at radius 2 is 1.78 bits per heavy atom. The van der Waals surface area contributed by atoms with Crippen molar-refractivity contribution in [3.05, 3.63) is 92.7 Å². The SMILES string of the molecule is O=c1c(=Cc2ccc(-c3cccc(C(F)(F)F)c3)o2)sc2nc(-c3ccc(F)cc3)nn12. The number of hydrogen-bond acceptors (Lipinski definition) is 5. The van der Waals surface area contributed by atoms with Gasteiger partial charge in [0.05, 0.1) is 5.56 Å². The van der Waals surface area contributed by atoms with Gasteiger partial charge in [-0.05, 0) is 48.5 Å². The third-order valence-corrected chi connectivity index (χ3v) is 5.62. The number of nitrogens with zero attached hydrogens (tertiary/aromatic N) is 3. The number of thiazole rings is 1. The van der Waals surface area contributed by atoms with Gasteiger partial charge in [-0.25, -0.2) is 4.39 Å². The van der Waals surface area contributed by atoms with Crippen LogP contribution in [0, 0.1) is 5.82 Å². The summed E-state index contributed by atoms with van der Waals surface area (Å²) in [7, 11) is 0. The lowest BCUT2D eigenvalue weighted by Crippen LogP contribution is -2.23. The standard InChI is InChI=1S/C22H11F4N3O2S/c23-15-6-4-12(5-7-15)19-27-21-29(28-19)20(30)18(32-21)11-16-8-9-17(31-16)13-2-1-3-14(10-13)22(24,25)26/h1-11H. The van der Waals surface area contributed by atoms with Gasteiger partial charge < -0.3 is 4.42 Å². The number of furan rings is 1. The van der Waals surface area contributed by atoms with E-state index in [9.17, 15) is 22.4 Å². The highest BCUT2D eigenvalue weighted by Crippen LogP contribution is 2.32. The van der Waals surface area contributed by atoms with Gasteiger partial charge in [-0.3, -0.25) is 4.79 Å². The Labute approximate surface area is 180 Å². The van der Waals surface area contributed by atoms with E-state index < -0.39 is 17.3 Å². The second kappa shape index (κ2) is 7.41. The highest BCUT2D eigenvalue weighted by molar-refractivity contribution is 7.15. The first-order valence-electron chi connectivity index (χ1n) is 9.23. The fourth-order valence-corrected chi connectivity index (χ4v) is 4.01. The van der Waals surface area contributed by atoms with E-state index in [0.717, 1.165) is 28.0 Å². The van der Waals surface area contributed by atoms with Gasteiger partial charge in [0.1, 0.15) is 21.9 Å². The smallest absolute Gasteiger partial charge is 0.416 e. The monoisotopic (exact) mass is 457 g/mol. The molecule has 0 atom stereocenters. The molecule has 10 heteroatoms. The topological polar surface area (TPSA) is 60.4 Å². The highest BCUT2D eigenvalue weighted by Gasteiger charge is 2.30. The van der Waals surface area contributed by atoms with Crippen molar-refractivity contribution in [3.8, 4) is 22.7 Å². The molecule has 0 spiro atoms. The Hall–Kier alpha value is -3.79. The summed E-state index contributed by atoms with van der Waals surface area (Å²) < 4.78 is 59.0. The molecule has 3 aromatic heterocycles. The van der Waals surface area contributed by atoms with E-state index in [1.165, 1.54) is 48.5 Å². The lowest BCUT2D eigenvalue weighted by Gasteiger charge is -2.07. The molecule has 0 fully saturated rings. The molecule has 0 aliphatic carbocycles. The molecule has 0 aliphatic rings. The van der Waals surface area contributed by atoms with Gasteiger partial charge in [-0.1, -0.05) is 23.5 Å². The van der Waals surface area contributed by atoms with E-state index >= 15 is 0 Å². The Morgan fingerprint density at radius 3 is 2.50 bits per heavy atom. The third kappa shape index (κ3) is 3.69. The zero-order chi connectivity index (χ0) is 22.5. The van der Waals surface area contributed by atoms with Gasteiger partial charge in [-0.2, -0.15) is 22.7 Å². The van der Waals surface area contributed by atoms with Crippen LogP contribution in [0.25, 0.3) is 33.7 Å². The minimum Gasteiger partial charge on any atom is -0.457 e. The Kier molecular flexibility index (Phi) is 4.66. The van der Waals surface area contributed by atoms with Crippen LogP contribution in [0.1, 0.15) is 11.3 Å². The number of rotatable bonds is 3. The number of aromatic nitrogens is 3. The molecular formula is C22H11F4N3O2S. The molecule has 0 saturated heterocycles. The van der Waals surface area contributed by atoms with Crippen LogP contribution < -0.4 is 10.1 Å². The minimum atomic E-state index is -4.46.